The van der Waals surface area contributed by atoms with Crippen LogP contribution in [-0.4, -0.2) is 36.8 Å². The van der Waals surface area contributed by atoms with E-state index >= 15 is 0 Å². The number of carbonyl (C=O) groups excluding carboxylic acids is 3. The summed E-state index contributed by atoms with van der Waals surface area (Å²) in [6.07, 6.45) is 1.65. The van der Waals surface area contributed by atoms with Gasteiger partial charge in [0.15, 0.2) is 5.13 Å². The third-order valence-corrected chi connectivity index (χ3v) is 10.2. The first-order valence-electron chi connectivity index (χ1n) is 16.6. The molecule has 3 N–H and O–H groups in total. The minimum atomic E-state index is -0.562. The zero-order chi connectivity index (χ0) is 36.5. The number of hydrogen-bond acceptors (Lipinski definition) is 7. The number of carbonyl (C=O) groups is 3. The molecule has 0 aliphatic rings. The molecule has 6 rings (SSSR count). The lowest BCUT2D eigenvalue weighted by Crippen LogP contribution is -2.30. The quantitative estimate of drug-likeness (QED) is 0.0860. The van der Waals surface area contributed by atoms with Gasteiger partial charge in [-0.2, -0.15) is 0 Å². The molecule has 1 unspecified atom stereocenters. The summed E-state index contributed by atoms with van der Waals surface area (Å²) in [6, 6.07) is 43.2. The average molecular weight is 724 g/mol. The van der Waals surface area contributed by atoms with Gasteiger partial charge in [-0.25, -0.2) is 4.98 Å². The summed E-state index contributed by atoms with van der Waals surface area (Å²) < 4.78 is 0. The van der Waals surface area contributed by atoms with Crippen molar-refractivity contribution in [3.05, 3.63) is 167 Å². The van der Waals surface area contributed by atoms with Crippen LogP contribution in [-0.2, 0) is 9.59 Å². The molecule has 0 fully saturated rings. The highest BCUT2D eigenvalue weighted by Gasteiger charge is 2.24. The van der Waals surface area contributed by atoms with Crippen LogP contribution in [0.25, 0.3) is 17.3 Å². The van der Waals surface area contributed by atoms with E-state index in [1.807, 2.05) is 129 Å². The number of amides is 3. The maximum absolute atomic E-state index is 13.8. The molecule has 8 nitrogen and oxygen atoms in total. The topological polar surface area (TPSA) is 103 Å². The molecule has 1 heterocycles. The number of nitrogens with zero attached hydrogens (tertiary/aromatic N) is 2. The van der Waals surface area contributed by atoms with Gasteiger partial charge in [0.25, 0.3) is 11.8 Å². The lowest BCUT2D eigenvalue weighted by atomic mass is 10.1. The summed E-state index contributed by atoms with van der Waals surface area (Å²) in [5.74, 6) is -1.06. The Kier molecular flexibility index (Phi) is 11.6. The molecule has 0 aliphatic carbocycles. The maximum Gasteiger partial charge on any atom is 0.272 e. The van der Waals surface area contributed by atoms with Crippen LogP contribution in [0, 0.1) is 6.92 Å². The summed E-state index contributed by atoms with van der Waals surface area (Å²) in [6.45, 7) is 2.00. The van der Waals surface area contributed by atoms with E-state index < -0.39 is 17.1 Å². The molecule has 10 heteroatoms. The monoisotopic (exact) mass is 723 g/mol. The van der Waals surface area contributed by atoms with Gasteiger partial charge in [0.05, 0.1) is 5.69 Å². The van der Waals surface area contributed by atoms with Crippen molar-refractivity contribution in [3.63, 3.8) is 0 Å². The molecular formula is C42H37N5O3S2. The number of rotatable bonds is 12. The van der Waals surface area contributed by atoms with Crippen molar-refractivity contribution in [2.75, 3.05) is 29.6 Å². The molecule has 0 saturated carbocycles. The van der Waals surface area contributed by atoms with Crippen molar-refractivity contribution in [1.29, 1.82) is 0 Å². The Labute approximate surface area is 311 Å². The van der Waals surface area contributed by atoms with Crippen LogP contribution < -0.4 is 20.9 Å². The van der Waals surface area contributed by atoms with E-state index in [-0.39, 0.29) is 11.6 Å². The first-order valence-corrected chi connectivity index (χ1v) is 18.3. The van der Waals surface area contributed by atoms with Crippen LogP contribution in [0.5, 0.6) is 0 Å². The van der Waals surface area contributed by atoms with Crippen LogP contribution in [0.15, 0.2) is 150 Å². The molecule has 0 radical (unpaired) electrons. The Morgan fingerprint density at radius 2 is 1.37 bits per heavy atom. The molecule has 0 bridgehead atoms. The van der Waals surface area contributed by atoms with E-state index in [1.165, 1.54) is 23.1 Å². The summed E-state index contributed by atoms with van der Waals surface area (Å²) >= 11 is 2.85. The van der Waals surface area contributed by atoms with Crippen LogP contribution in [0.2, 0.25) is 0 Å². The van der Waals surface area contributed by atoms with Gasteiger partial charge in [-0.05, 0) is 72.7 Å². The number of anilines is 3. The molecule has 0 saturated heterocycles. The predicted octanol–water partition coefficient (Wildman–Crippen LogP) is 9.07. The van der Waals surface area contributed by atoms with Crippen LogP contribution >= 0.6 is 23.1 Å². The van der Waals surface area contributed by atoms with Crippen molar-refractivity contribution in [2.24, 2.45) is 0 Å². The highest BCUT2D eigenvalue weighted by Crippen LogP contribution is 2.38. The number of benzene rings is 5. The van der Waals surface area contributed by atoms with Gasteiger partial charge >= 0.3 is 0 Å². The maximum atomic E-state index is 13.8. The predicted molar refractivity (Wildman–Crippen MR) is 214 cm³/mol. The summed E-state index contributed by atoms with van der Waals surface area (Å²) in [5, 5.41) is 8.72. The fraction of sp³-hybridized carbons (Fsp3) is 0.0952. The highest BCUT2D eigenvalue weighted by molar-refractivity contribution is 8.00. The molecule has 1 aromatic heterocycles. The van der Waals surface area contributed by atoms with Crippen molar-refractivity contribution < 1.29 is 14.4 Å². The Morgan fingerprint density at radius 1 is 0.750 bits per heavy atom. The Hall–Kier alpha value is -5.97. The number of thiazole rings is 1. The van der Waals surface area contributed by atoms with Crippen molar-refractivity contribution in [1.82, 2.24) is 10.3 Å². The second-order valence-corrected chi connectivity index (χ2v) is 14.4. The SMILES string of the molecule is Cc1sc(NC(=O)C(Sc2ccc(NC(=O)/C(=C/c3ccc(N(C)C)cc3)NC(=O)c3ccccc3)cc2)c2ccccc2)nc1-c1ccccc1. The second kappa shape index (κ2) is 16.8. The summed E-state index contributed by atoms with van der Waals surface area (Å²) in [4.78, 5) is 49.1. The number of hydrogen-bond donors (Lipinski definition) is 3. The normalized spacial score (nSPS) is 11.7. The highest BCUT2D eigenvalue weighted by atomic mass is 32.2. The van der Waals surface area contributed by atoms with E-state index in [1.54, 1.807) is 42.5 Å². The fourth-order valence-electron chi connectivity index (χ4n) is 5.31. The lowest BCUT2D eigenvalue weighted by Gasteiger charge is -2.17. The van der Waals surface area contributed by atoms with Crippen molar-refractivity contribution in [3.8, 4) is 11.3 Å². The lowest BCUT2D eigenvalue weighted by molar-refractivity contribution is -0.116. The van der Waals surface area contributed by atoms with Crippen molar-refractivity contribution >= 4 is 63.4 Å². The van der Waals surface area contributed by atoms with Crippen LogP contribution in [0.1, 0.15) is 31.6 Å². The molecule has 260 valence electrons. The van der Waals surface area contributed by atoms with E-state index in [9.17, 15) is 14.4 Å². The van der Waals surface area contributed by atoms with E-state index in [2.05, 4.69) is 16.0 Å². The molecule has 0 aliphatic heterocycles. The summed E-state index contributed by atoms with van der Waals surface area (Å²) in [7, 11) is 3.91. The minimum Gasteiger partial charge on any atom is -0.378 e. The Bertz CT molecular complexity index is 2170. The van der Waals surface area contributed by atoms with Gasteiger partial charge in [-0.3, -0.25) is 14.4 Å². The zero-order valence-electron chi connectivity index (χ0n) is 28.9. The first-order chi connectivity index (χ1) is 25.2. The van der Waals surface area contributed by atoms with E-state index in [0.29, 0.717) is 16.4 Å². The van der Waals surface area contributed by atoms with Gasteiger partial charge in [0.1, 0.15) is 10.9 Å². The summed E-state index contributed by atoms with van der Waals surface area (Å²) in [5.41, 5.74) is 5.52. The van der Waals surface area contributed by atoms with E-state index in [4.69, 9.17) is 4.98 Å². The third-order valence-electron chi connectivity index (χ3n) is 8.03. The molecule has 52 heavy (non-hydrogen) atoms. The number of nitrogens with one attached hydrogen (secondary N) is 3. The van der Waals surface area contributed by atoms with E-state index in [0.717, 1.165) is 37.8 Å². The minimum absolute atomic E-state index is 0.0959. The number of aromatic nitrogens is 1. The first kappa shape index (κ1) is 35.8. The molecule has 1 atom stereocenters. The van der Waals surface area contributed by atoms with Gasteiger partial charge in [0.2, 0.25) is 5.91 Å². The van der Waals surface area contributed by atoms with Gasteiger partial charge in [-0.15, -0.1) is 23.1 Å². The fourth-order valence-corrected chi connectivity index (χ4v) is 7.18. The van der Waals surface area contributed by atoms with Gasteiger partial charge < -0.3 is 20.9 Å². The molecule has 0 spiro atoms. The van der Waals surface area contributed by atoms with Gasteiger partial charge in [-0.1, -0.05) is 91.0 Å². The van der Waals surface area contributed by atoms with Crippen LogP contribution in [0.4, 0.5) is 16.5 Å². The molecular weight excluding hydrogens is 687 g/mol. The Balaban J connectivity index is 1.18. The standard InChI is InChI=1S/C42H37N5O3S2/c1-28-37(30-13-7-4-8-14-30)45-42(51-28)46-41(50)38(31-15-9-5-10-16-31)52-35-25-21-33(22-26-35)43-40(49)36(44-39(48)32-17-11-6-12-18-32)27-29-19-23-34(24-20-29)47(2)3/h4-27,38H,1-3H3,(H,43,49)(H,44,48)(H,45,46,50)/b36-27-. The zero-order valence-corrected chi connectivity index (χ0v) is 30.5. The van der Waals surface area contributed by atoms with Crippen LogP contribution in [0.3, 0.4) is 0 Å². The number of thioether (sulfide) groups is 1. The number of aryl methyl sites for hydroxylation is 1. The average Bonchev–Trinajstić information content (AvgIpc) is 3.54. The third kappa shape index (κ3) is 9.22. The van der Waals surface area contributed by atoms with Crippen molar-refractivity contribution in [2.45, 2.75) is 17.1 Å². The molecule has 3 amide bonds. The Morgan fingerprint density at radius 3 is 2.00 bits per heavy atom. The molecule has 5 aromatic carbocycles. The molecule has 6 aromatic rings. The van der Waals surface area contributed by atoms with Gasteiger partial charge in [0, 0.05) is 46.4 Å². The second-order valence-electron chi connectivity index (χ2n) is 12.0. The largest absolute Gasteiger partial charge is 0.378 e. The smallest absolute Gasteiger partial charge is 0.272 e.